The molecule has 0 aromatic carbocycles. The Morgan fingerprint density at radius 3 is 3.00 bits per heavy atom. The average Bonchev–Trinajstić information content (AvgIpc) is 2.72. The number of nitrogens with zero attached hydrogens (tertiary/aromatic N) is 2. The molecule has 1 N–H and O–H groups in total. The first-order valence-electron chi connectivity index (χ1n) is 6.22. The molecular weight excluding hydrogens is 246 g/mol. The van der Waals surface area contributed by atoms with Crippen LogP contribution in [0.5, 0.6) is 0 Å². The number of rotatable bonds is 5. The van der Waals surface area contributed by atoms with Crippen molar-refractivity contribution in [3.05, 3.63) is 17.8 Å². The molecule has 2 rings (SSSR count). The second kappa shape index (κ2) is 5.91. The summed E-state index contributed by atoms with van der Waals surface area (Å²) in [6.45, 7) is 3.69. The van der Waals surface area contributed by atoms with Crippen LogP contribution in [0.4, 0.5) is 5.00 Å². The van der Waals surface area contributed by atoms with Gasteiger partial charge in [0.2, 0.25) is 5.91 Å². The van der Waals surface area contributed by atoms with Crippen LogP contribution in [0.25, 0.3) is 11.0 Å². The molecule has 18 heavy (non-hydrogen) atoms. The van der Waals surface area contributed by atoms with E-state index in [2.05, 4.69) is 27.7 Å². The van der Waals surface area contributed by atoms with Gasteiger partial charge in [0.25, 0.3) is 0 Å². The predicted octanol–water partition coefficient (Wildman–Crippen LogP) is 3.38. The van der Waals surface area contributed by atoms with E-state index in [1.807, 2.05) is 6.20 Å². The molecule has 0 saturated carbocycles. The van der Waals surface area contributed by atoms with E-state index in [4.69, 9.17) is 0 Å². The SMILES string of the molecule is CCCCCc1cnc2c(NC(C)=O)snc2c1. The molecule has 0 aliphatic rings. The number of unbranched alkanes of at least 4 members (excludes halogenated alkanes) is 2. The van der Waals surface area contributed by atoms with Gasteiger partial charge < -0.3 is 5.32 Å². The number of amides is 1. The lowest BCUT2D eigenvalue weighted by Gasteiger charge is -2.01. The van der Waals surface area contributed by atoms with Gasteiger partial charge >= 0.3 is 0 Å². The summed E-state index contributed by atoms with van der Waals surface area (Å²) in [5, 5.41) is 3.49. The van der Waals surface area contributed by atoms with Crippen molar-refractivity contribution in [2.75, 3.05) is 5.32 Å². The first-order chi connectivity index (χ1) is 8.70. The van der Waals surface area contributed by atoms with Gasteiger partial charge in [0.05, 0.1) is 0 Å². The minimum absolute atomic E-state index is 0.0885. The highest BCUT2D eigenvalue weighted by molar-refractivity contribution is 7.12. The normalized spacial score (nSPS) is 10.8. The van der Waals surface area contributed by atoms with Crippen molar-refractivity contribution in [1.29, 1.82) is 0 Å². The van der Waals surface area contributed by atoms with Crippen molar-refractivity contribution in [3.63, 3.8) is 0 Å². The van der Waals surface area contributed by atoms with Gasteiger partial charge in [-0.15, -0.1) is 0 Å². The van der Waals surface area contributed by atoms with Crippen molar-refractivity contribution in [1.82, 2.24) is 9.36 Å². The smallest absolute Gasteiger partial charge is 0.221 e. The molecule has 0 aliphatic carbocycles. The van der Waals surface area contributed by atoms with Crippen molar-refractivity contribution >= 4 is 33.5 Å². The fraction of sp³-hybridized carbons (Fsp3) is 0.462. The van der Waals surface area contributed by atoms with E-state index in [0.717, 1.165) is 22.5 Å². The Kier molecular flexibility index (Phi) is 4.25. The summed E-state index contributed by atoms with van der Waals surface area (Å²) < 4.78 is 4.33. The number of hydrogen-bond acceptors (Lipinski definition) is 4. The maximum Gasteiger partial charge on any atom is 0.221 e. The van der Waals surface area contributed by atoms with Gasteiger partial charge in [0, 0.05) is 13.1 Å². The molecular formula is C13H17N3OS. The molecule has 0 fully saturated rings. The zero-order valence-corrected chi connectivity index (χ0v) is 11.5. The Labute approximate surface area is 111 Å². The topological polar surface area (TPSA) is 54.9 Å². The molecule has 4 nitrogen and oxygen atoms in total. The standard InChI is InChI=1S/C13H17N3OS/c1-3-4-5-6-10-7-11-12(14-8-10)13(18-16-11)15-9(2)17/h7-8H,3-6H2,1-2H3,(H,15,17). The fourth-order valence-corrected chi connectivity index (χ4v) is 2.60. The summed E-state index contributed by atoms with van der Waals surface area (Å²) in [5.41, 5.74) is 2.88. The van der Waals surface area contributed by atoms with Crippen LogP contribution >= 0.6 is 11.5 Å². The van der Waals surface area contributed by atoms with Gasteiger partial charge in [-0.05, 0) is 36.0 Å². The summed E-state index contributed by atoms with van der Waals surface area (Å²) >= 11 is 1.28. The number of carbonyl (C=O) groups is 1. The van der Waals surface area contributed by atoms with Crippen LogP contribution in [0.15, 0.2) is 12.3 Å². The Balaban J connectivity index is 2.17. The molecule has 0 unspecified atom stereocenters. The fourth-order valence-electron chi connectivity index (χ4n) is 1.84. The summed E-state index contributed by atoms with van der Waals surface area (Å²) in [6.07, 6.45) is 6.58. The number of nitrogens with one attached hydrogen (secondary N) is 1. The van der Waals surface area contributed by atoms with E-state index in [9.17, 15) is 4.79 Å². The summed E-state index contributed by atoms with van der Waals surface area (Å²) in [6, 6.07) is 2.07. The van der Waals surface area contributed by atoms with E-state index >= 15 is 0 Å². The van der Waals surface area contributed by atoms with Crippen LogP contribution < -0.4 is 5.32 Å². The van der Waals surface area contributed by atoms with Crippen molar-refractivity contribution < 1.29 is 4.79 Å². The van der Waals surface area contributed by atoms with Gasteiger partial charge in [-0.2, -0.15) is 4.37 Å². The highest BCUT2D eigenvalue weighted by atomic mass is 32.1. The van der Waals surface area contributed by atoms with Gasteiger partial charge in [0.1, 0.15) is 16.0 Å². The van der Waals surface area contributed by atoms with E-state index in [-0.39, 0.29) is 5.91 Å². The number of aromatic nitrogens is 2. The molecule has 0 aliphatic heterocycles. The Morgan fingerprint density at radius 1 is 1.44 bits per heavy atom. The average molecular weight is 263 g/mol. The van der Waals surface area contributed by atoms with Crippen LogP contribution in [-0.4, -0.2) is 15.3 Å². The van der Waals surface area contributed by atoms with Crippen LogP contribution in [0.2, 0.25) is 0 Å². The molecule has 2 aromatic heterocycles. The van der Waals surface area contributed by atoms with Crippen molar-refractivity contribution in [3.8, 4) is 0 Å². The van der Waals surface area contributed by atoms with E-state index in [1.54, 1.807) is 0 Å². The number of aryl methyl sites for hydroxylation is 1. The van der Waals surface area contributed by atoms with E-state index in [0.29, 0.717) is 0 Å². The largest absolute Gasteiger partial charge is 0.315 e. The number of pyridine rings is 1. The second-order valence-corrected chi connectivity index (χ2v) is 5.13. The van der Waals surface area contributed by atoms with Gasteiger partial charge in [-0.1, -0.05) is 19.8 Å². The molecule has 1 amide bonds. The van der Waals surface area contributed by atoms with Crippen LogP contribution in [0.1, 0.15) is 38.7 Å². The number of anilines is 1. The quantitative estimate of drug-likeness (QED) is 0.841. The molecule has 0 spiro atoms. The van der Waals surface area contributed by atoms with Crippen LogP contribution in [0, 0.1) is 0 Å². The van der Waals surface area contributed by atoms with E-state index < -0.39 is 0 Å². The van der Waals surface area contributed by atoms with Gasteiger partial charge in [0.15, 0.2) is 0 Å². The summed E-state index contributed by atoms with van der Waals surface area (Å²) in [4.78, 5) is 15.4. The van der Waals surface area contributed by atoms with Crippen LogP contribution in [0.3, 0.4) is 0 Å². The molecule has 0 radical (unpaired) electrons. The zero-order valence-electron chi connectivity index (χ0n) is 10.7. The first-order valence-corrected chi connectivity index (χ1v) is 7.00. The first kappa shape index (κ1) is 13.0. The summed E-state index contributed by atoms with van der Waals surface area (Å²) in [7, 11) is 0. The molecule has 96 valence electrons. The third-order valence-corrected chi connectivity index (χ3v) is 3.50. The minimum Gasteiger partial charge on any atom is -0.315 e. The van der Waals surface area contributed by atoms with Crippen LogP contribution in [-0.2, 0) is 11.2 Å². The third kappa shape index (κ3) is 3.04. The highest BCUT2D eigenvalue weighted by Gasteiger charge is 2.09. The molecule has 2 heterocycles. The number of hydrogen-bond donors (Lipinski definition) is 1. The Hall–Kier alpha value is -1.49. The Morgan fingerprint density at radius 2 is 2.28 bits per heavy atom. The van der Waals surface area contributed by atoms with Gasteiger partial charge in [-0.3, -0.25) is 9.78 Å². The molecule has 5 heteroatoms. The lowest BCUT2D eigenvalue weighted by Crippen LogP contribution is -2.04. The zero-order chi connectivity index (χ0) is 13.0. The molecule has 2 aromatic rings. The summed E-state index contributed by atoms with van der Waals surface area (Å²) in [5.74, 6) is -0.0885. The van der Waals surface area contributed by atoms with Crippen molar-refractivity contribution in [2.24, 2.45) is 0 Å². The monoisotopic (exact) mass is 263 g/mol. The highest BCUT2D eigenvalue weighted by Crippen LogP contribution is 2.26. The maximum absolute atomic E-state index is 11.0. The lowest BCUT2D eigenvalue weighted by molar-refractivity contribution is -0.114. The second-order valence-electron chi connectivity index (χ2n) is 4.36. The maximum atomic E-state index is 11.0. The molecule has 0 atom stereocenters. The Bertz CT molecular complexity index is 550. The van der Waals surface area contributed by atoms with Gasteiger partial charge in [-0.25, -0.2) is 0 Å². The third-order valence-electron chi connectivity index (χ3n) is 2.73. The lowest BCUT2D eigenvalue weighted by atomic mass is 10.1. The minimum atomic E-state index is -0.0885. The molecule has 0 saturated heterocycles. The van der Waals surface area contributed by atoms with Crippen molar-refractivity contribution in [2.45, 2.75) is 39.5 Å². The number of carbonyl (C=O) groups excluding carboxylic acids is 1. The van der Waals surface area contributed by atoms with E-state index in [1.165, 1.54) is 43.3 Å². The number of fused-ring (bicyclic) bond motifs is 1. The molecule has 0 bridgehead atoms. The predicted molar refractivity (Wildman–Crippen MR) is 74.9 cm³/mol.